The van der Waals surface area contributed by atoms with Crippen molar-refractivity contribution in [1.82, 2.24) is 9.88 Å². The molecule has 3 aromatic rings. The fraction of sp³-hybridized carbons (Fsp3) is 0.208. The van der Waals surface area contributed by atoms with Gasteiger partial charge in [-0.05, 0) is 47.5 Å². The van der Waals surface area contributed by atoms with E-state index in [1.807, 2.05) is 36.7 Å². The van der Waals surface area contributed by atoms with Gasteiger partial charge in [-0.3, -0.25) is 9.88 Å². The molecule has 162 valence electrons. The maximum Gasteiger partial charge on any atom is 0.414 e. The molecule has 0 spiro atoms. The van der Waals surface area contributed by atoms with Gasteiger partial charge in [0.1, 0.15) is 12.4 Å². The number of hydrogen-bond acceptors (Lipinski definition) is 5. The number of nitrogens with zero attached hydrogens (tertiary/aromatic N) is 2. The zero-order valence-electron chi connectivity index (χ0n) is 17.3. The standard InChI is InChI=1S/C22H24N2O.C2H2O4/c1-2-24(16-19-11-13-23-14-12-19)17-21-9-6-10-22(15-21)25-18-20-7-4-3-5-8-20;3-1(4)2(5)6/h3-15H,2,16-18H2,1H3;(H,3,4)(H,5,6). The van der Waals surface area contributed by atoms with Crippen molar-refractivity contribution in [2.24, 2.45) is 0 Å². The van der Waals surface area contributed by atoms with Gasteiger partial charge in [0.25, 0.3) is 0 Å². The average Bonchev–Trinajstić information content (AvgIpc) is 2.79. The Hall–Kier alpha value is -3.71. The lowest BCUT2D eigenvalue weighted by atomic mass is 10.1. The van der Waals surface area contributed by atoms with Crippen LogP contribution in [0.25, 0.3) is 0 Å². The summed E-state index contributed by atoms with van der Waals surface area (Å²) in [5.41, 5.74) is 3.73. The van der Waals surface area contributed by atoms with Gasteiger partial charge in [0.15, 0.2) is 0 Å². The summed E-state index contributed by atoms with van der Waals surface area (Å²) in [6.45, 7) is 5.61. The number of carbonyl (C=O) groups is 2. The van der Waals surface area contributed by atoms with Gasteiger partial charge < -0.3 is 14.9 Å². The fourth-order valence-electron chi connectivity index (χ4n) is 2.76. The van der Waals surface area contributed by atoms with Crippen LogP contribution in [0, 0.1) is 0 Å². The van der Waals surface area contributed by atoms with Crippen molar-refractivity contribution in [1.29, 1.82) is 0 Å². The maximum atomic E-state index is 9.10. The van der Waals surface area contributed by atoms with Gasteiger partial charge in [0, 0.05) is 25.5 Å². The average molecular weight is 422 g/mol. The molecule has 0 aliphatic carbocycles. The summed E-state index contributed by atoms with van der Waals surface area (Å²) >= 11 is 0. The van der Waals surface area contributed by atoms with Gasteiger partial charge in [-0.25, -0.2) is 9.59 Å². The van der Waals surface area contributed by atoms with Gasteiger partial charge in [0.2, 0.25) is 0 Å². The molecule has 1 heterocycles. The van der Waals surface area contributed by atoms with Crippen molar-refractivity contribution < 1.29 is 24.5 Å². The second-order valence-corrected chi connectivity index (χ2v) is 6.69. The summed E-state index contributed by atoms with van der Waals surface area (Å²) in [4.78, 5) is 24.7. The number of aromatic nitrogens is 1. The summed E-state index contributed by atoms with van der Waals surface area (Å²) < 4.78 is 5.94. The zero-order chi connectivity index (χ0) is 22.5. The second kappa shape index (κ2) is 12.8. The molecule has 0 aliphatic rings. The van der Waals surface area contributed by atoms with Crippen molar-refractivity contribution >= 4 is 11.9 Å². The van der Waals surface area contributed by atoms with E-state index in [9.17, 15) is 0 Å². The minimum absolute atomic E-state index is 0.596. The minimum Gasteiger partial charge on any atom is -0.489 e. The number of aliphatic carboxylic acids is 2. The monoisotopic (exact) mass is 422 g/mol. The Morgan fingerprint density at radius 2 is 1.45 bits per heavy atom. The van der Waals surface area contributed by atoms with Crippen molar-refractivity contribution in [3.05, 3.63) is 95.8 Å². The van der Waals surface area contributed by atoms with E-state index in [-0.39, 0.29) is 0 Å². The van der Waals surface area contributed by atoms with Crippen LogP contribution in [0.2, 0.25) is 0 Å². The molecule has 0 atom stereocenters. The second-order valence-electron chi connectivity index (χ2n) is 6.69. The van der Waals surface area contributed by atoms with Crippen molar-refractivity contribution in [3.8, 4) is 5.75 Å². The van der Waals surface area contributed by atoms with E-state index in [2.05, 4.69) is 59.3 Å². The first-order chi connectivity index (χ1) is 15.0. The van der Waals surface area contributed by atoms with Crippen molar-refractivity contribution in [2.75, 3.05) is 6.54 Å². The Bertz CT molecular complexity index is 936. The van der Waals surface area contributed by atoms with Gasteiger partial charge in [-0.2, -0.15) is 0 Å². The quantitative estimate of drug-likeness (QED) is 0.532. The lowest BCUT2D eigenvalue weighted by Crippen LogP contribution is -2.22. The highest BCUT2D eigenvalue weighted by Gasteiger charge is 2.06. The molecule has 0 bridgehead atoms. The van der Waals surface area contributed by atoms with Gasteiger partial charge >= 0.3 is 11.9 Å². The Kier molecular flexibility index (Phi) is 9.71. The molecule has 0 radical (unpaired) electrons. The number of hydrogen-bond donors (Lipinski definition) is 2. The molecule has 31 heavy (non-hydrogen) atoms. The molecule has 3 rings (SSSR count). The van der Waals surface area contributed by atoms with E-state index >= 15 is 0 Å². The van der Waals surface area contributed by atoms with E-state index in [4.69, 9.17) is 24.5 Å². The van der Waals surface area contributed by atoms with E-state index in [0.717, 1.165) is 25.4 Å². The van der Waals surface area contributed by atoms with Gasteiger partial charge in [-0.1, -0.05) is 49.4 Å². The van der Waals surface area contributed by atoms with Crippen LogP contribution >= 0.6 is 0 Å². The van der Waals surface area contributed by atoms with E-state index in [1.54, 1.807) is 0 Å². The summed E-state index contributed by atoms with van der Waals surface area (Å²) in [5, 5.41) is 14.8. The molecule has 7 heteroatoms. The summed E-state index contributed by atoms with van der Waals surface area (Å²) in [7, 11) is 0. The van der Waals surface area contributed by atoms with Crippen LogP contribution < -0.4 is 4.74 Å². The first-order valence-corrected chi connectivity index (χ1v) is 9.81. The number of rotatable bonds is 8. The molecule has 2 N–H and O–H groups in total. The van der Waals surface area contributed by atoms with Gasteiger partial charge in [-0.15, -0.1) is 0 Å². The molecule has 0 saturated carbocycles. The molecule has 0 fully saturated rings. The normalized spacial score (nSPS) is 10.1. The third kappa shape index (κ3) is 9.10. The van der Waals surface area contributed by atoms with Crippen LogP contribution in [0.1, 0.15) is 23.6 Å². The molecule has 7 nitrogen and oxygen atoms in total. The lowest BCUT2D eigenvalue weighted by molar-refractivity contribution is -0.159. The van der Waals surface area contributed by atoms with Crippen LogP contribution in [0.3, 0.4) is 0 Å². The number of carboxylic acids is 2. The number of ether oxygens (including phenoxy) is 1. The molecule has 1 aromatic heterocycles. The maximum absolute atomic E-state index is 9.10. The Balaban J connectivity index is 0.000000501. The van der Waals surface area contributed by atoms with Crippen LogP contribution in [0.5, 0.6) is 5.75 Å². The third-order valence-electron chi connectivity index (χ3n) is 4.34. The zero-order valence-corrected chi connectivity index (χ0v) is 17.3. The van der Waals surface area contributed by atoms with Crippen LogP contribution in [0.4, 0.5) is 0 Å². The van der Waals surface area contributed by atoms with Crippen LogP contribution in [-0.2, 0) is 29.3 Å². The fourth-order valence-corrected chi connectivity index (χ4v) is 2.76. The molecule has 0 aliphatic heterocycles. The predicted octanol–water partition coefficient (Wildman–Crippen LogP) is 3.84. The summed E-state index contributed by atoms with van der Waals surface area (Å²) in [5.74, 6) is -2.73. The first kappa shape index (κ1) is 23.6. The van der Waals surface area contributed by atoms with Crippen LogP contribution in [0.15, 0.2) is 79.1 Å². The summed E-state index contributed by atoms with van der Waals surface area (Å²) in [6.07, 6.45) is 3.70. The number of pyridine rings is 1. The third-order valence-corrected chi connectivity index (χ3v) is 4.34. The molecular formula is C24H26N2O5. The highest BCUT2D eigenvalue weighted by atomic mass is 16.5. The van der Waals surface area contributed by atoms with E-state index in [0.29, 0.717) is 6.61 Å². The predicted molar refractivity (Wildman–Crippen MR) is 117 cm³/mol. The summed E-state index contributed by atoms with van der Waals surface area (Å²) in [6, 6.07) is 22.8. The van der Waals surface area contributed by atoms with Crippen molar-refractivity contribution in [3.63, 3.8) is 0 Å². The van der Waals surface area contributed by atoms with E-state index in [1.165, 1.54) is 16.7 Å². The number of carboxylic acid groups (broad SMARTS) is 2. The molecule has 0 amide bonds. The van der Waals surface area contributed by atoms with Crippen molar-refractivity contribution in [2.45, 2.75) is 26.6 Å². The highest BCUT2D eigenvalue weighted by Crippen LogP contribution is 2.17. The minimum atomic E-state index is -1.82. The lowest BCUT2D eigenvalue weighted by Gasteiger charge is -2.21. The smallest absolute Gasteiger partial charge is 0.414 e. The Morgan fingerprint density at radius 1 is 0.839 bits per heavy atom. The van der Waals surface area contributed by atoms with Gasteiger partial charge in [0.05, 0.1) is 0 Å². The highest BCUT2D eigenvalue weighted by molar-refractivity contribution is 6.27. The number of benzene rings is 2. The molecule has 0 unspecified atom stereocenters. The molecular weight excluding hydrogens is 396 g/mol. The van der Waals surface area contributed by atoms with Crippen LogP contribution in [-0.4, -0.2) is 38.6 Å². The molecule has 2 aromatic carbocycles. The SMILES string of the molecule is CCN(Cc1ccncc1)Cc1cccc(OCc2ccccc2)c1.O=C(O)C(=O)O. The Morgan fingerprint density at radius 3 is 2.06 bits per heavy atom. The topological polar surface area (TPSA) is 100.0 Å². The van der Waals surface area contributed by atoms with E-state index < -0.39 is 11.9 Å². The Labute approximate surface area is 181 Å². The first-order valence-electron chi connectivity index (χ1n) is 9.81. The molecule has 0 saturated heterocycles. The largest absolute Gasteiger partial charge is 0.489 e.